The van der Waals surface area contributed by atoms with Crippen LogP contribution in [0.4, 0.5) is 0 Å². The smallest absolute Gasteiger partial charge is 0.0202 e. The second-order valence-electron chi connectivity index (χ2n) is 2.94. The zero-order valence-corrected chi connectivity index (χ0v) is 7.27. The Hall–Kier alpha value is -0.560. The topological polar surface area (TPSA) is 12.0 Å². The van der Waals surface area contributed by atoms with Crippen molar-refractivity contribution in [3.63, 3.8) is 0 Å². The molecule has 0 radical (unpaired) electrons. The molecule has 0 aromatic carbocycles. The van der Waals surface area contributed by atoms with Gasteiger partial charge in [0.05, 0.1) is 0 Å². The zero-order chi connectivity index (χ0) is 7.94. The van der Waals surface area contributed by atoms with Crippen molar-refractivity contribution in [2.45, 2.75) is 26.2 Å². The summed E-state index contributed by atoms with van der Waals surface area (Å²) in [6, 6.07) is 0. The molecule has 1 rings (SSSR count). The second kappa shape index (κ2) is 5.14. The Kier molecular flexibility index (Phi) is 3.99. The number of nitrogens with one attached hydrogen (secondary N) is 1. The minimum Gasteiger partial charge on any atom is -0.313 e. The Bertz CT molecular complexity index is 156. The van der Waals surface area contributed by atoms with E-state index in [9.17, 15) is 0 Å². The van der Waals surface area contributed by atoms with Crippen LogP contribution in [0.5, 0.6) is 0 Å². The first-order valence-electron chi connectivity index (χ1n) is 4.49. The van der Waals surface area contributed by atoms with E-state index in [0.29, 0.717) is 0 Å². The highest BCUT2D eigenvalue weighted by molar-refractivity contribution is 5.23. The molecule has 62 valence electrons. The van der Waals surface area contributed by atoms with Crippen molar-refractivity contribution in [1.29, 1.82) is 0 Å². The molecule has 0 saturated carbocycles. The maximum atomic E-state index is 3.39. The molecule has 0 aromatic heterocycles. The standard InChI is InChI=1S/C10H17N/c1-2-8-11-9-10-6-4-3-5-7-10/h4,6-7,11H,2-3,5,8-9H2,1H3. The van der Waals surface area contributed by atoms with Gasteiger partial charge in [0.1, 0.15) is 0 Å². The summed E-state index contributed by atoms with van der Waals surface area (Å²) in [5, 5.41) is 3.39. The van der Waals surface area contributed by atoms with Crippen molar-refractivity contribution >= 4 is 0 Å². The number of hydrogen-bond donors (Lipinski definition) is 1. The van der Waals surface area contributed by atoms with Gasteiger partial charge in [-0.1, -0.05) is 25.2 Å². The van der Waals surface area contributed by atoms with Crippen molar-refractivity contribution in [2.24, 2.45) is 0 Å². The molecule has 0 spiro atoms. The number of rotatable bonds is 4. The Morgan fingerprint density at radius 3 is 3.00 bits per heavy atom. The van der Waals surface area contributed by atoms with Crippen LogP contribution in [0.25, 0.3) is 0 Å². The molecule has 1 heteroatoms. The summed E-state index contributed by atoms with van der Waals surface area (Å²) >= 11 is 0. The minimum absolute atomic E-state index is 1.05. The predicted molar refractivity (Wildman–Crippen MR) is 49.6 cm³/mol. The molecule has 0 unspecified atom stereocenters. The monoisotopic (exact) mass is 151 g/mol. The maximum absolute atomic E-state index is 3.39. The van der Waals surface area contributed by atoms with Gasteiger partial charge in [-0.25, -0.2) is 0 Å². The first kappa shape index (κ1) is 8.54. The van der Waals surface area contributed by atoms with Crippen molar-refractivity contribution in [3.05, 3.63) is 23.8 Å². The average molecular weight is 151 g/mol. The molecule has 0 aromatic rings. The lowest BCUT2D eigenvalue weighted by atomic mass is 10.1. The molecule has 1 nitrogen and oxygen atoms in total. The molecule has 0 amide bonds. The lowest BCUT2D eigenvalue weighted by molar-refractivity contribution is 0.716. The fraction of sp³-hybridized carbons (Fsp3) is 0.600. The van der Waals surface area contributed by atoms with E-state index in [2.05, 4.69) is 30.5 Å². The minimum atomic E-state index is 1.05. The van der Waals surface area contributed by atoms with Crippen molar-refractivity contribution in [3.8, 4) is 0 Å². The maximum Gasteiger partial charge on any atom is 0.0202 e. The van der Waals surface area contributed by atoms with Crippen molar-refractivity contribution < 1.29 is 0 Å². The number of hydrogen-bond acceptors (Lipinski definition) is 1. The zero-order valence-electron chi connectivity index (χ0n) is 7.27. The third kappa shape index (κ3) is 3.38. The van der Waals surface area contributed by atoms with E-state index in [4.69, 9.17) is 0 Å². The van der Waals surface area contributed by atoms with Gasteiger partial charge in [0.2, 0.25) is 0 Å². The van der Waals surface area contributed by atoms with Crippen LogP contribution < -0.4 is 5.32 Å². The third-order valence-corrected chi connectivity index (χ3v) is 1.83. The summed E-state index contributed by atoms with van der Waals surface area (Å²) in [5.74, 6) is 0. The summed E-state index contributed by atoms with van der Waals surface area (Å²) in [6.07, 6.45) is 10.5. The van der Waals surface area contributed by atoms with Gasteiger partial charge in [0.25, 0.3) is 0 Å². The van der Waals surface area contributed by atoms with Crippen LogP contribution in [0.3, 0.4) is 0 Å². The molecule has 1 aliphatic carbocycles. The quantitative estimate of drug-likeness (QED) is 0.608. The molecule has 1 aliphatic rings. The van der Waals surface area contributed by atoms with Crippen LogP contribution in [-0.4, -0.2) is 13.1 Å². The van der Waals surface area contributed by atoms with Gasteiger partial charge in [-0.15, -0.1) is 0 Å². The molecule has 0 heterocycles. The molecular formula is C10H17N. The van der Waals surface area contributed by atoms with Crippen LogP contribution in [0.15, 0.2) is 23.8 Å². The summed E-state index contributed by atoms with van der Waals surface area (Å²) in [6.45, 7) is 4.37. The van der Waals surface area contributed by atoms with Gasteiger partial charge in [0.15, 0.2) is 0 Å². The summed E-state index contributed by atoms with van der Waals surface area (Å²) in [7, 11) is 0. The Balaban J connectivity index is 2.15. The van der Waals surface area contributed by atoms with E-state index in [-0.39, 0.29) is 0 Å². The first-order valence-corrected chi connectivity index (χ1v) is 4.49. The van der Waals surface area contributed by atoms with E-state index in [1.807, 2.05) is 0 Å². The highest BCUT2D eigenvalue weighted by Crippen LogP contribution is 2.07. The summed E-state index contributed by atoms with van der Waals surface area (Å²) in [5.41, 5.74) is 1.45. The van der Waals surface area contributed by atoms with Gasteiger partial charge in [-0.05, 0) is 31.4 Å². The predicted octanol–water partition coefficient (Wildman–Crippen LogP) is 2.26. The van der Waals surface area contributed by atoms with Gasteiger partial charge in [-0.3, -0.25) is 0 Å². The summed E-state index contributed by atoms with van der Waals surface area (Å²) in [4.78, 5) is 0. The van der Waals surface area contributed by atoms with Gasteiger partial charge in [-0.2, -0.15) is 0 Å². The highest BCUT2D eigenvalue weighted by atomic mass is 14.8. The van der Waals surface area contributed by atoms with E-state index in [1.165, 1.54) is 24.8 Å². The molecular weight excluding hydrogens is 134 g/mol. The Morgan fingerprint density at radius 1 is 1.45 bits per heavy atom. The largest absolute Gasteiger partial charge is 0.313 e. The van der Waals surface area contributed by atoms with Crippen molar-refractivity contribution in [2.75, 3.05) is 13.1 Å². The Morgan fingerprint density at radius 2 is 2.36 bits per heavy atom. The van der Waals surface area contributed by atoms with Crippen molar-refractivity contribution in [1.82, 2.24) is 5.32 Å². The van der Waals surface area contributed by atoms with E-state index in [0.717, 1.165) is 13.1 Å². The average Bonchev–Trinajstić information content (AvgIpc) is 2.07. The SMILES string of the molecule is CCCNCC1=CCCC=C1. The van der Waals surface area contributed by atoms with Crippen LogP contribution in [0.1, 0.15) is 26.2 Å². The van der Waals surface area contributed by atoms with Crippen LogP contribution in [0.2, 0.25) is 0 Å². The molecule has 0 aliphatic heterocycles. The Labute approximate surface area is 69.2 Å². The summed E-state index contributed by atoms with van der Waals surface area (Å²) < 4.78 is 0. The van der Waals surface area contributed by atoms with Gasteiger partial charge < -0.3 is 5.32 Å². The number of allylic oxidation sites excluding steroid dienone is 2. The fourth-order valence-corrected chi connectivity index (χ4v) is 1.21. The van der Waals surface area contributed by atoms with Gasteiger partial charge >= 0.3 is 0 Å². The lowest BCUT2D eigenvalue weighted by Crippen LogP contribution is -2.17. The van der Waals surface area contributed by atoms with Gasteiger partial charge in [0, 0.05) is 6.54 Å². The normalized spacial score (nSPS) is 16.6. The molecule has 1 N–H and O–H groups in total. The highest BCUT2D eigenvalue weighted by Gasteiger charge is 1.94. The van der Waals surface area contributed by atoms with E-state index in [1.54, 1.807) is 0 Å². The molecule has 0 bridgehead atoms. The van der Waals surface area contributed by atoms with Crippen LogP contribution in [0, 0.1) is 0 Å². The molecule has 0 atom stereocenters. The van der Waals surface area contributed by atoms with E-state index >= 15 is 0 Å². The van der Waals surface area contributed by atoms with Crippen LogP contribution in [-0.2, 0) is 0 Å². The van der Waals surface area contributed by atoms with E-state index < -0.39 is 0 Å². The lowest BCUT2D eigenvalue weighted by Gasteiger charge is -2.07. The molecule has 0 fully saturated rings. The molecule has 11 heavy (non-hydrogen) atoms. The van der Waals surface area contributed by atoms with Crippen LogP contribution >= 0.6 is 0 Å². The fourth-order valence-electron chi connectivity index (χ4n) is 1.21. The third-order valence-electron chi connectivity index (χ3n) is 1.83. The first-order chi connectivity index (χ1) is 5.43. The molecule has 0 saturated heterocycles. The second-order valence-corrected chi connectivity index (χ2v) is 2.94.